The quantitative estimate of drug-likeness (QED) is 0.546. The number of carbonyl (C=O) groups is 2. The number of amides is 2. The Labute approximate surface area is 209 Å². The van der Waals surface area contributed by atoms with Gasteiger partial charge in [0.2, 0.25) is 5.91 Å². The Morgan fingerprint density at radius 1 is 1.14 bits per heavy atom. The molecule has 3 heterocycles. The fourth-order valence-corrected chi connectivity index (χ4v) is 5.05. The molecule has 0 radical (unpaired) electrons. The van der Waals surface area contributed by atoms with Crippen LogP contribution in [0.2, 0.25) is 0 Å². The Kier molecular flexibility index (Phi) is 6.20. The fourth-order valence-electron chi connectivity index (χ4n) is 5.05. The summed E-state index contributed by atoms with van der Waals surface area (Å²) in [4.78, 5) is 38.7. The van der Waals surface area contributed by atoms with Crippen LogP contribution in [0.25, 0.3) is 22.1 Å². The third-order valence-corrected chi connectivity index (χ3v) is 7.09. The number of nitrogens with two attached hydrogens (primary N) is 1. The van der Waals surface area contributed by atoms with E-state index in [9.17, 15) is 14.4 Å². The lowest BCUT2D eigenvalue weighted by Crippen LogP contribution is -2.43. The lowest BCUT2D eigenvalue weighted by atomic mass is 9.91. The number of piperidine rings is 1. The Bertz CT molecular complexity index is 1370. The third kappa shape index (κ3) is 4.67. The van der Waals surface area contributed by atoms with Crippen molar-refractivity contribution in [2.45, 2.75) is 45.1 Å². The number of carbonyl (C=O) groups excluding carboxylic acids is 2. The summed E-state index contributed by atoms with van der Waals surface area (Å²) in [7, 11) is 0. The van der Waals surface area contributed by atoms with Gasteiger partial charge in [-0.15, -0.1) is 0 Å². The maximum atomic E-state index is 13.0. The van der Waals surface area contributed by atoms with Crippen molar-refractivity contribution in [1.82, 2.24) is 4.90 Å². The minimum absolute atomic E-state index is 0.177. The first-order chi connectivity index (χ1) is 17.2. The highest BCUT2D eigenvalue weighted by molar-refractivity contribution is 6.00. The van der Waals surface area contributed by atoms with Crippen LogP contribution in [-0.2, 0) is 16.0 Å². The van der Waals surface area contributed by atoms with Crippen molar-refractivity contribution in [3.63, 3.8) is 0 Å². The predicted molar refractivity (Wildman–Crippen MR) is 135 cm³/mol. The predicted octanol–water partition coefficient (Wildman–Crippen LogP) is 3.67. The minimum atomic E-state index is -0.459. The first-order valence-corrected chi connectivity index (χ1v) is 12.3. The van der Waals surface area contributed by atoms with Crippen LogP contribution >= 0.6 is 0 Å². The molecule has 0 bridgehead atoms. The van der Waals surface area contributed by atoms with Crippen LogP contribution in [0.4, 0.5) is 0 Å². The van der Waals surface area contributed by atoms with Crippen LogP contribution in [0.5, 0.6) is 11.5 Å². The van der Waals surface area contributed by atoms with E-state index in [2.05, 4.69) is 0 Å². The van der Waals surface area contributed by atoms with Crippen molar-refractivity contribution in [1.29, 1.82) is 0 Å². The maximum absolute atomic E-state index is 13.0. The van der Waals surface area contributed by atoms with E-state index in [1.165, 1.54) is 6.07 Å². The van der Waals surface area contributed by atoms with Gasteiger partial charge in [-0.05, 0) is 45.1 Å². The highest BCUT2D eigenvalue weighted by atomic mass is 16.5. The molecule has 1 fully saturated rings. The Hall–Kier alpha value is -3.81. The average molecular weight is 491 g/mol. The molecule has 2 N–H and O–H groups in total. The van der Waals surface area contributed by atoms with Gasteiger partial charge in [0.15, 0.2) is 6.61 Å². The number of rotatable bonds is 5. The van der Waals surface area contributed by atoms with Gasteiger partial charge in [-0.25, -0.2) is 4.79 Å². The first kappa shape index (κ1) is 23.9. The smallest absolute Gasteiger partial charge is 0.336 e. The highest BCUT2D eigenvalue weighted by Crippen LogP contribution is 2.44. The van der Waals surface area contributed by atoms with E-state index in [-0.39, 0.29) is 29.9 Å². The van der Waals surface area contributed by atoms with Crippen molar-refractivity contribution in [2.75, 3.05) is 19.7 Å². The summed E-state index contributed by atoms with van der Waals surface area (Å²) >= 11 is 0. The summed E-state index contributed by atoms with van der Waals surface area (Å²) in [6.07, 6.45) is 2.56. The molecule has 0 spiro atoms. The third-order valence-electron chi connectivity index (χ3n) is 7.09. The fraction of sp³-hybridized carbons (Fsp3) is 0.393. The minimum Gasteiger partial charge on any atom is -0.487 e. The molecule has 0 aliphatic carbocycles. The number of fused-ring (bicyclic) bond motifs is 3. The summed E-state index contributed by atoms with van der Waals surface area (Å²) < 4.78 is 18.1. The van der Waals surface area contributed by atoms with Gasteiger partial charge < -0.3 is 24.5 Å². The van der Waals surface area contributed by atoms with Gasteiger partial charge in [-0.3, -0.25) is 9.59 Å². The van der Waals surface area contributed by atoms with Crippen LogP contribution in [-0.4, -0.2) is 42.0 Å². The molecule has 5 rings (SSSR count). The van der Waals surface area contributed by atoms with Crippen LogP contribution < -0.4 is 20.8 Å². The van der Waals surface area contributed by atoms with E-state index in [1.54, 1.807) is 11.0 Å². The second-order valence-corrected chi connectivity index (χ2v) is 10.1. The maximum Gasteiger partial charge on any atom is 0.336 e. The molecule has 2 aliphatic rings. The zero-order valence-corrected chi connectivity index (χ0v) is 20.5. The molecule has 8 heteroatoms. The zero-order chi connectivity index (χ0) is 25.4. The molecule has 36 heavy (non-hydrogen) atoms. The number of primary amides is 1. The van der Waals surface area contributed by atoms with Gasteiger partial charge in [0.25, 0.3) is 5.91 Å². The molecule has 0 saturated carbocycles. The van der Waals surface area contributed by atoms with Crippen molar-refractivity contribution < 1.29 is 23.5 Å². The number of hydrogen-bond acceptors (Lipinski definition) is 6. The topological polar surface area (TPSA) is 112 Å². The molecule has 2 amide bonds. The first-order valence-electron chi connectivity index (χ1n) is 12.3. The number of aryl methyl sites for hydroxylation is 1. The van der Waals surface area contributed by atoms with Gasteiger partial charge in [0.1, 0.15) is 22.7 Å². The molecule has 1 aromatic heterocycles. The molecule has 188 valence electrons. The Morgan fingerprint density at radius 2 is 1.86 bits per heavy atom. The molecule has 1 saturated heterocycles. The molecular weight excluding hydrogens is 460 g/mol. The Balaban J connectivity index is 1.53. The van der Waals surface area contributed by atoms with Crippen molar-refractivity contribution >= 4 is 22.8 Å². The van der Waals surface area contributed by atoms with E-state index >= 15 is 0 Å². The van der Waals surface area contributed by atoms with E-state index in [4.69, 9.17) is 19.6 Å². The molecular formula is C28H30N2O6. The van der Waals surface area contributed by atoms with Gasteiger partial charge in [-0.1, -0.05) is 30.3 Å². The standard InChI is InChI=1S/C28H30N2O6/c1-28(2)11-8-19-21(36-28)15-22(34-16-23(31)30-12-9-18(10-13-30)27(29)33)25-20(14-24(32)35-26(19)25)17-6-4-3-5-7-17/h3-7,14-15,18H,8-13,16H2,1-2H3,(H2,29,33). The average Bonchev–Trinajstić information content (AvgIpc) is 2.86. The van der Waals surface area contributed by atoms with Crippen LogP contribution in [0.1, 0.15) is 38.7 Å². The molecule has 3 aromatic rings. The summed E-state index contributed by atoms with van der Waals surface area (Å²) in [5.74, 6) is 0.318. The molecule has 2 aliphatic heterocycles. The van der Waals surface area contributed by atoms with E-state index in [0.717, 1.165) is 17.5 Å². The second kappa shape index (κ2) is 9.33. The normalized spacial score (nSPS) is 17.3. The van der Waals surface area contributed by atoms with Crippen molar-refractivity contribution in [3.05, 3.63) is 58.4 Å². The zero-order valence-electron chi connectivity index (χ0n) is 20.5. The second-order valence-electron chi connectivity index (χ2n) is 10.1. The largest absolute Gasteiger partial charge is 0.487 e. The Morgan fingerprint density at radius 3 is 2.56 bits per heavy atom. The van der Waals surface area contributed by atoms with Crippen molar-refractivity contribution in [2.24, 2.45) is 11.7 Å². The molecule has 0 atom stereocenters. The number of likely N-dealkylation sites (tertiary alicyclic amines) is 1. The lowest BCUT2D eigenvalue weighted by molar-refractivity contribution is -0.136. The summed E-state index contributed by atoms with van der Waals surface area (Å²) in [6, 6.07) is 12.8. The number of nitrogens with zero attached hydrogens (tertiary/aromatic N) is 1. The van der Waals surface area contributed by atoms with Crippen LogP contribution in [0, 0.1) is 5.92 Å². The van der Waals surface area contributed by atoms with Gasteiger partial charge in [0.05, 0.1) is 5.39 Å². The highest BCUT2D eigenvalue weighted by Gasteiger charge is 2.32. The van der Waals surface area contributed by atoms with Crippen LogP contribution in [0.15, 0.2) is 51.7 Å². The van der Waals surface area contributed by atoms with E-state index in [0.29, 0.717) is 60.4 Å². The van der Waals surface area contributed by atoms with Crippen molar-refractivity contribution in [3.8, 4) is 22.6 Å². The summed E-state index contributed by atoms with van der Waals surface area (Å²) in [5.41, 5.74) is 7.35. The summed E-state index contributed by atoms with van der Waals surface area (Å²) in [6.45, 7) is 4.75. The molecule has 2 aromatic carbocycles. The van der Waals surface area contributed by atoms with Gasteiger partial charge in [0, 0.05) is 42.3 Å². The van der Waals surface area contributed by atoms with E-state index in [1.807, 2.05) is 44.2 Å². The molecule has 8 nitrogen and oxygen atoms in total. The lowest BCUT2D eigenvalue weighted by Gasteiger charge is -2.33. The van der Waals surface area contributed by atoms with E-state index < -0.39 is 5.63 Å². The van der Waals surface area contributed by atoms with Crippen LogP contribution in [0.3, 0.4) is 0 Å². The monoisotopic (exact) mass is 490 g/mol. The number of hydrogen-bond donors (Lipinski definition) is 1. The molecule has 0 unspecified atom stereocenters. The number of ether oxygens (including phenoxy) is 2. The van der Waals surface area contributed by atoms with Gasteiger partial charge in [-0.2, -0.15) is 0 Å². The van der Waals surface area contributed by atoms with Gasteiger partial charge >= 0.3 is 5.63 Å². The summed E-state index contributed by atoms with van der Waals surface area (Å²) in [5, 5.41) is 0.642. The SMILES string of the molecule is CC1(C)CCc2c(cc(OCC(=O)N3CCC(C(N)=O)CC3)c3c(-c4ccccc4)cc(=O)oc23)O1. The number of benzene rings is 2.